The predicted octanol–water partition coefficient (Wildman–Crippen LogP) is 0.844. The Morgan fingerprint density at radius 2 is 2.21 bits per heavy atom. The average molecular weight is 199 g/mol. The second-order valence-electron chi connectivity index (χ2n) is 5.13. The third kappa shape index (κ3) is 1.47. The zero-order valence-corrected chi connectivity index (χ0v) is 8.86. The molecule has 3 unspecified atom stereocenters. The molecule has 1 aliphatic carbocycles. The fourth-order valence-electron chi connectivity index (χ4n) is 2.10. The number of rotatable bonds is 1. The van der Waals surface area contributed by atoms with Gasteiger partial charge in [0, 0.05) is 31.0 Å². The first kappa shape index (κ1) is 9.77. The quantitative estimate of drug-likeness (QED) is 0.681. The molecule has 2 aliphatic rings. The van der Waals surface area contributed by atoms with E-state index in [0.29, 0.717) is 11.8 Å². The van der Waals surface area contributed by atoms with Gasteiger partial charge in [-0.05, 0) is 20.8 Å². The van der Waals surface area contributed by atoms with Crippen LogP contribution in [-0.4, -0.2) is 40.9 Å². The molecule has 2 rings (SSSR count). The molecule has 80 valence electrons. The molecule has 2 fully saturated rings. The zero-order valence-electron chi connectivity index (χ0n) is 8.86. The lowest BCUT2D eigenvalue weighted by Crippen LogP contribution is -2.46. The Morgan fingerprint density at radius 1 is 1.57 bits per heavy atom. The summed E-state index contributed by atoms with van der Waals surface area (Å²) in [7, 11) is 0. The van der Waals surface area contributed by atoms with E-state index < -0.39 is 5.60 Å². The van der Waals surface area contributed by atoms with Crippen LogP contribution in [0.5, 0.6) is 0 Å². The first-order chi connectivity index (χ1) is 6.44. The largest absolute Gasteiger partial charge is 0.444 e. The van der Waals surface area contributed by atoms with Crippen LogP contribution in [0.1, 0.15) is 20.8 Å². The number of nitrogens with zero attached hydrogens (tertiary/aromatic N) is 1. The number of hydrogen-bond donors (Lipinski definition) is 1. The molecule has 0 spiro atoms. The fraction of sp³-hybridized carbons (Fsp3) is 0.900. The van der Waals surface area contributed by atoms with Gasteiger partial charge in [0.15, 0.2) is 0 Å². The van der Waals surface area contributed by atoms with E-state index in [1.807, 2.05) is 20.8 Å². The third-order valence-electron chi connectivity index (χ3n) is 2.89. The number of aliphatic hydroxyl groups is 1. The molecule has 0 radical (unpaired) electrons. The summed E-state index contributed by atoms with van der Waals surface area (Å²) in [5.74, 6) is 0.843. The first-order valence-electron chi connectivity index (χ1n) is 5.04. The van der Waals surface area contributed by atoms with Crippen LogP contribution >= 0.6 is 0 Å². The Labute approximate surface area is 83.8 Å². The zero-order chi connectivity index (χ0) is 10.5. The second-order valence-corrected chi connectivity index (χ2v) is 5.13. The van der Waals surface area contributed by atoms with Crippen molar-refractivity contribution in [2.75, 3.05) is 13.2 Å². The monoisotopic (exact) mass is 199 g/mol. The molecular formula is C10H17NO3. The minimum Gasteiger partial charge on any atom is -0.444 e. The van der Waals surface area contributed by atoms with Crippen molar-refractivity contribution in [2.24, 2.45) is 11.8 Å². The van der Waals surface area contributed by atoms with E-state index >= 15 is 0 Å². The average Bonchev–Trinajstić information content (AvgIpc) is 2.50. The van der Waals surface area contributed by atoms with E-state index in [1.165, 1.54) is 0 Å². The van der Waals surface area contributed by atoms with Crippen molar-refractivity contribution in [2.45, 2.75) is 32.4 Å². The lowest BCUT2D eigenvalue weighted by molar-refractivity contribution is 0.0106. The molecule has 1 N–H and O–H groups in total. The van der Waals surface area contributed by atoms with Crippen molar-refractivity contribution >= 4 is 6.09 Å². The van der Waals surface area contributed by atoms with Crippen molar-refractivity contribution in [1.82, 2.24) is 4.90 Å². The summed E-state index contributed by atoms with van der Waals surface area (Å²) in [6.07, 6.45) is -0.241. The molecule has 14 heavy (non-hydrogen) atoms. The van der Waals surface area contributed by atoms with Crippen molar-refractivity contribution in [3.8, 4) is 0 Å². The molecular weight excluding hydrogens is 182 g/mol. The van der Waals surface area contributed by atoms with Crippen LogP contribution in [0.2, 0.25) is 0 Å². The number of amides is 1. The van der Waals surface area contributed by atoms with E-state index in [9.17, 15) is 4.79 Å². The number of hydrogen-bond acceptors (Lipinski definition) is 3. The molecule has 0 bridgehead atoms. The number of aliphatic hydroxyl groups excluding tert-OH is 1. The van der Waals surface area contributed by atoms with E-state index in [1.54, 1.807) is 4.90 Å². The highest BCUT2D eigenvalue weighted by Gasteiger charge is 2.64. The topological polar surface area (TPSA) is 49.8 Å². The maximum absolute atomic E-state index is 11.6. The normalized spacial score (nSPS) is 34.6. The van der Waals surface area contributed by atoms with Crippen molar-refractivity contribution in [3.63, 3.8) is 0 Å². The highest BCUT2D eigenvalue weighted by atomic mass is 16.6. The van der Waals surface area contributed by atoms with Gasteiger partial charge in [-0.15, -0.1) is 0 Å². The maximum atomic E-state index is 11.6. The molecule has 1 aliphatic heterocycles. The molecule has 1 saturated carbocycles. The van der Waals surface area contributed by atoms with E-state index in [2.05, 4.69) is 0 Å². The molecule has 4 heteroatoms. The number of ether oxygens (including phenoxy) is 1. The number of likely N-dealkylation sites (tertiary alicyclic amines) is 1. The third-order valence-corrected chi connectivity index (χ3v) is 2.89. The van der Waals surface area contributed by atoms with Gasteiger partial charge in [0.1, 0.15) is 5.60 Å². The van der Waals surface area contributed by atoms with Gasteiger partial charge in [-0.2, -0.15) is 0 Å². The molecule has 3 atom stereocenters. The van der Waals surface area contributed by atoms with Crippen LogP contribution in [0.25, 0.3) is 0 Å². The van der Waals surface area contributed by atoms with Crippen LogP contribution in [0, 0.1) is 11.8 Å². The predicted molar refractivity (Wildman–Crippen MR) is 50.8 cm³/mol. The number of carbonyl (C=O) groups is 1. The summed E-state index contributed by atoms with van der Waals surface area (Å²) < 4.78 is 5.24. The lowest BCUT2D eigenvalue weighted by Gasteiger charge is -2.32. The minimum absolute atomic E-state index is 0.189. The van der Waals surface area contributed by atoms with E-state index in [-0.39, 0.29) is 18.7 Å². The Morgan fingerprint density at radius 3 is 2.64 bits per heavy atom. The van der Waals surface area contributed by atoms with Crippen molar-refractivity contribution in [1.29, 1.82) is 0 Å². The van der Waals surface area contributed by atoms with E-state index in [4.69, 9.17) is 9.84 Å². The Hall–Kier alpha value is -0.770. The van der Waals surface area contributed by atoms with Crippen LogP contribution in [0.3, 0.4) is 0 Å². The molecule has 0 aromatic heterocycles. The van der Waals surface area contributed by atoms with Gasteiger partial charge in [-0.1, -0.05) is 0 Å². The number of fused-ring (bicyclic) bond motifs is 1. The summed E-state index contributed by atoms with van der Waals surface area (Å²) in [6, 6.07) is 0.259. The Kier molecular flexibility index (Phi) is 2.00. The Balaban J connectivity index is 1.84. The lowest BCUT2D eigenvalue weighted by atomic mass is 10.2. The van der Waals surface area contributed by atoms with Gasteiger partial charge in [0.2, 0.25) is 0 Å². The van der Waals surface area contributed by atoms with Crippen LogP contribution in [0.15, 0.2) is 0 Å². The SMILES string of the molecule is CC(C)(C)OC(=O)N1CC2C(CO)C21. The van der Waals surface area contributed by atoms with Gasteiger partial charge in [0.25, 0.3) is 0 Å². The standard InChI is InChI=1S/C10H17NO3/c1-10(2,3)14-9(13)11-4-6-7(5-12)8(6)11/h6-8,12H,4-5H2,1-3H3. The molecule has 0 aromatic rings. The fourth-order valence-corrected chi connectivity index (χ4v) is 2.10. The first-order valence-corrected chi connectivity index (χ1v) is 5.04. The smallest absolute Gasteiger partial charge is 0.410 e. The summed E-state index contributed by atoms with van der Waals surface area (Å²) in [6.45, 7) is 6.52. The van der Waals surface area contributed by atoms with Crippen LogP contribution < -0.4 is 0 Å². The van der Waals surface area contributed by atoms with Gasteiger partial charge in [-0.25, -0.2) is 4.79 Å². The van der Waals surface area contributed by atoms with Gasteiger partial charge >= 0.3 is 6.09 Å². The molecule has 4 nitrogen and oxygen atoms in total. The summed E-state index contributed by atoms with van der Waals surface area (Å²) in [5, 5.41) is 8.94. The molecule has 1 amide bonds. The molecule has 1 heterocycles. The summed E-state index contributed by atoms with van der Waals surface area (Å²) >= 11 is 0. The van der Waals surface area contributed by atoms with Crippen molar-refractivity contribution in [3.05, 3.63) is 0 Å². The highest BCUT2D eigenvalue weighted by molar-refractivity contribution is 5.71. The second kappa shape index (κ2) is 2.86. The number of carbonyl (C=O) groups excluding carboxylic acids is 1. The minimum atomic E-state index is -0.425. The summed E-state index contributed by atoms with van der Waals surface area (Å²) in [5.41, 5.74) is -0.425. The maximum Gasteiger partial charge on any atom is 0.410 e. The summed E-state index contributed by atoms with van der Waals surface area (Å²) in [4.78, 5) is 13.3. The van der Waals surface area contributed by atoms with Gasteiger partial charge in [0.05, 0.1) is 0 Å². The van der Waals surface area contributed by atoms with Crippen molar-refractivity contribution < 1.29 is 14.6 Å². The molecule has 1 saturated heterocycles. The van der Waals surface area contributed by atoms with E-state index in [0.717, 1.165) is 6.54 Å². The van der Waals surface area contributed by atoms with Gasteiger partial charge in [-0.3, -0.25) is 0 Å². The molecule has 0 aromatic carbocycles. The van der Waals surface area contributed by atoms with Crippen LogP contribution in [-0.2, 0) is 4.74 Å². The Bertz CT molecular complexity index is 259. The highest BCUT2D eigenvalue weighted by Crippen LogP contribution is 2.52. The van der Waals surface area contributed by atoms with Crippen LogP contribution in [0.4, 0.5) is 4.79 Å². The van der Waals surface area contributed by atoms with Gasteiger partial charge < -0.3 is 14.7 Å².